The Balaban J connectivity index is 1.52. The van der Waals surface area contributed by atoms with E-state index in [1.54, 1.807) is 0 Å². The molecule has 4 aromatic rings. The molecule has 1 aliphatic heterocycles. The summed E-state index contributed by atoms with van der Waals surface area (Å²) in [5, 5.41) is 15.4. The first-order valence-electron chi connectivity index (χ1n) is 11.3. The molecule has 0 saturated carbocycles. The Morgan fingerprint density at radius 2 is 1.55 bits per heavy atom. The van der Waals surface area contributed by atoms with Gasteiger partial charge in [0.1, 0.15) is 5.69 Å². The number of aromatic nitrogens is 4. The molecule has 2 aromatic carbocycles. The van der Waals surface area contributed by atoms with Crippen molar-refractivity contribution < 1.29 is 0 Å². The summed E-state index contributed by atoms with van der Waals surface area (Å²) in [4.78, 5) is 4.84. The fourth-order valence-electron chi connectivity index (χ4n) is 4.14. The lowest BCUT2D eigenvalue weighted by atomic mass is 10.1. The van der Waals surface area contributed by atoms with Crippen LogP contribution in [0.2, 0.25) is 5.02 Å². The van der Waals surface area contributed by atoms with Crippen LogP contribution in [0.25, 0.3) is 34.4 Å². The standard InChI is InChI=1S/C26H27ClN6/c1-31-14-16-32(17-15-31)18-19-33-26-23(22(30-33)13-12-20-8-4-2-5-9-20)24(27)25(28-29-26)21-10-6-3-7-11-21/h2-13H,14-19H2,1H3/b13-12+. The molecule has 0 spiro atoms. The van der Waals surface area contributed by atoms with E-state index in [0.717, 1.165) is 67.1 Å². The van der Waals surface area contributed by atoms with E-state index in [0.29, 0.717) is 10.7 Å². The molecule has 0 aliphatic carbocycles. The van der Waals surface area contributed by atoms with Gasteiger partial charge in [-0.05, 0) is 18.7 Å². The summed E-state index contributed by atoms with van der Waals surface area (Å²) < 4.78 is 1.95. The number of hydrogen-bond acceptors (Lipinski definition) is 5. The molecule has 0 atom stereocenters. The Labute approximate surface area is 199 Å². The number of hydrogen-bond donors (Lipinski definition) is 0. The van der Waals surface area contributed by atoms with Gasteiger partial charge >= 0.3 is 0 Å². The Kier molecular flexibility index (Phi) is 6.48. The van der Waals surface area contributed by atoms with Crippen LogP contribution in [0.1, 0.15) is 11.3 Å². The smallest absolute Gasteiger partial charge is 0.182 e. The number of likely N-dealkylation sites (N-methyl/N-ethyl adjacent to an activating group) is 1. The first kappa shape index (κ1) is 21.8. The highest BCUT2D eigenvalue weighted by molar-refractivity contribution is 6.38. The van der Waals surface area contributed by atoms with Crippen molar-refractivity contribution in [3.63, 3.8) is 0 Å². The number of nitrogens with zero attached hydrogens (tertiary/aromatic N) is 6. The maximum atomic E-state index is 6.94. The van der Waals surface area contributed by atoms with Gasteiger partial charge in [-0.2, -0.15) is 5.10 Å². The number of rotatable bonds is 6. The average Bonchev–Trinajstić information content (AvgIpc) is 3.22. The molecule has 0 unspecified atom stereocenters. The van der Waals surface area contributed by atoms with Crippen molar-refractivity contribution >= 4 is 34.8 Å². The average molecular weight is 459 g/mol. The maximum absolute atomic E-state index is 6.94. The lowest BCUT2D eigenvalue weighted by molar-refractivity contribution is 0.149. The molecule has 5 rings (SSSR count). The van der Waals surface area contributed by atoms with Gasteiger partial charge in [0.25, 0.3) is 0 Å². The van der Waals surface area contributed by atoms with Gasteiger partial charge in [-0.15, -0.1) is 10.2 Å². The first-order chi connectivity index (χ1) is 16.2. The zero-order valence-corrected chi connectivity index (χ0v) is 19.5. The molecule has 0 bridgehead atoms. The van der Waals surface area contributed by atoms with Crippen LogP contribution in [0.5, 0.6) is 0 Å². The number of piperazine rings is 1. The van der Waals surface area contributed by atoms with Crippen molar-refractivity contribution in [3.05, 3.63) is 76.9 Å². The highest BCUT2D eigenvalue weighted by Gasteiger charge is 2.20. The highest BCUT2D eigenvalue weighted by atomic mass is 35.5. The van der Waals surface area contributed by atoms with Crippen molar-refractivity contribution in [2.75, 3.05) is 39.8 Å². The topological polar surface area (TPSA) is 50.1 Å². The van der Waals surface area contributed by atoms with Crippen LogP contribution in [0.3, 0.4) is 0 Å². The second kappa shape index (κ2) is 9.83. The highest BCUT2D eigenvalue weighted by Crippen LogP contribution is 2.34. The molecule has 1 fully saturated rings. The summed E-state index contributed by atoms with van der Waals surface area (Å²) in [6.45, 7) is 6.00. The minimum atomic E-state index is 0.588. The van der Waals surface area contributed by atoms with Crippen LogP contribution in [0.15, 0.2) is 60.7 Å². The molecule has 168 valence electrons. The molecular weight excluding hydrogens is 432 g/mol. The quantitative estimate of drug-likeness (QED) is 0.423. The molecule has 7 heteroatoms. The largest absolute Gasteiger partial charge is 0.304 e. The lowest BCUT2D eigenvalue weighted by Gasteiger charge is -2.32. The van der Waals surface area contributed by atoms with Crippen molar-refractivity contribution in [3.8, 4) is 11.3 Å². The predicted octanol–water partition coefficient (Wildman–Crippen LogP) is 4.56. The molecular formula is C26H27ClN6. The summed E-state index contributed by atoms with van der Waals surface area (Å²) in [5.74, 6) is 0. The Bertz CT molecular complexity index is 1240. The minimum Gasteiger partial charge on any atom is -0.304 e. The Morgan fingerprint density at radius 1 is 0.848 bits per heavy atom. The number of benzene rings is 2. The normalized spacial score (nSPS) is 15.6. The van der Waals surface area contributed by atoms with Crippen LogP contribution in [-0.2, 0) is 6.54 Å². The molecule has 6 nitrogen and oxygen atoms in total. The van der Waals surface area contributed by atoms with Crippen LogP contribution >= 0.6 is 11.6 Å². The van der Waals surface area contributed by atoms with E-state index in [1.165, 1.54) is 0 Å². The fraction of sp³-hybridized carbons (Fsp3) is 0.269. The monoisotopic (exact) mass is 458 g/mol. The second-order valence-corrected chi connectivity index (χ2v) is 8.80. The van der Waals surface area contributed by atoms with E-state index in [-0.39, 0.29) is 0 Å². The SMILES string of the molecule is CN1CCN(CCn2nc(/C=C/c3ccccc3)c3c(Cl)c(-c4ccccc4)nnc32)CC1. The van der Waals surface area contributed by atoms with Crippen LogP contribution in [-0.4, -0.2) is 69.5 Å². The molecule has 1 aliphatic rings. The van der Waals surface area contributed by atoms with Crippen LogP contribution in [0.4, 0.5) is 0 Å². The van der Waals surface area contributed by atoms with Gasteiger partial charge in [-0.3, -0.25) is 4.90 Å². The Hall–Kier alpha value is -3.06. The van der Waals surface area contributed by atoms with Gasteiger partial charge in [0.2, 0.25) is 0 Å². The molecule has 2 aromatic heterocycles. The van der Waals surface area contributed by atoms with E-state index in [2.05, 4.69) is 45.3 Å². The molecule has 0 N–H and O–H groups in total. The summed E-state index contributed by atoms with van der Waals surface area (Å²) in [5.41, 5.74) is 4.27. The zero-order valence-electron chi connectivity index (χ0n) is 18.7. The van der Waals surface area contributed by atoms with Crippen molar-refractivity contribution in [1.29, 1.82) is 0 Å². The Morgan fingerprint density at radius 3 is 2.27 bits per heavy atom. The molecule has 0 radical (unpaired) electrons. The fourth-order valence-corrected chi connectivity index (χ4v) is 4.47. The lowest BCUT2D eigenvalue weighted by Crippen LogP contribution is -2.45. The van der Waals surface area contributed by atoms with Gasteiger partial charge in [-0.25, -0.2) is 4.68 Å². The van der Waals surface area contributed by atoms with E-state index in [4.69, 9.17) is 16.7 Å². The second-order valence-electron chi connectivity index (χ2n) is 8.42. The van der Waals surface area contributed by atoms with E-state index in [1.807, 2.05) is 59.3 Å². The zero-order chi connectivity index (χ0) is 22.6. The number of fused-ring (bicyclic) bond motifs is 1. The third-order valence-corrected chi connectivity index (χ3v) is 6.50. The van der Waals surface area contributed by atoms with Gasteiger partial charge in [0, 0.05) is 38.3 Å². The summed E-state index contributed by atoms with van der Waals surface area (Å²) >= 11 is 6.94. The third-order valence-electron chi connectivity index (χ3n) is 6.13. The predicted molar refractivity (Wildman–Crippen MR) is 135 cm³/mol. The maximum Gasteiger partial charge on any atom is 0.182 e. The molecule has 0 amide bonds. The number of halogens is 1. The van der Waals surface area contributed by atoms with Crippen LogP contribution < -0.4 is 0 Å². The first-order valence-corrected chi connectivity index (χ1v) is 11.7. The molecule has 33 heavy (non-hydrogen) atoms. The summed E-state index contributed by atoms with van der Waals surface area (Å²) in [6, 6.07) is 20.1. The minimum absolute atomic E-state index is 0.588. The van der Waals surface area contributed by atoms with Gasteiger partial charge in [-0.1, -0.05) is 78.3 Å². The van der Waals surface area contributed by atoms with Gasteiger partial charge in [0.05, 0.1) is 22.6 Å². The summed E-state index contributed by atoms with van der Waals surface area (Å²) in [6.07, 6.45) is 4.08. The van der Waals surface area contributed by atoms with Gasteiger partial charge in [0.15, 0.2) is 5.65 Å². The van der Waals surface area contributed by atoms with Crippen molar-refractivity contribution in [2.45, 2.75) is 6.54 Å². The van der Waals surface area contributed by atoms with Crippen LogP contribution in [0, 0.1) is 0 Å². The molecule has 3 heterocycles. The van der Waals surface area contributed by atoms with E-state index in [9.17, 15) is 0 Å². The van der Waals surface area contributed by atoms with Crippen molar-refractivity contribution in [1.82, 2.24) is 29.8 Å². The van der Waals surface area contributed by atoms with E-state index < -0.39 is 0 Å². The van der Waals surface area contributed by atoms with Crippen molar-refractivity contribution in [2.24, 2.45) is 0 Å². The summed E-state index contributed by atoms with van der Waals surface area (Å²) in [7, 11) is 2.17. The van der Waals surface area contributed by atoms with Gasteiger partial charge < -0.3 is 4.90 Å². The molecule has 1 saturated heterocycles. The van der Waals surface area contributed by atoms with E-state index >= 15 is 0 Å². The third kappa shape index (κ3) is 4.83.